The number of anilines is 1. The highest BCUT2D eigenvalue weighted by Gasteiger charge is 2.20. The van der Waals surface area contributed by atoms with Crippen LogP contribution in [-0.2, 0) is 4.79 Å². The Kier molecular flexibility index (Phi) is 4.39. The van der Waals surface area contributed by atoms with Gasteiger partial charge >= 0.3 is 0 Å². The van der Waals surface area contributed by atoms with Crippen LogP contribution < -0.4 is 16.4 Å². The number of rotatable bonds is 3. The molecule has 1 aromatic rings. The summed E-state index contributed by atoms with van der Waals surface area (Å²) in [6.45, 7) is 0.861. The van der Waals surface area contributed by atoms with Crippen LogP contribution in [0.3, 0.4) is 0 Å². The normalized spacial score (nSPS) is 18.9. The molecule has 0 unspecified atom stereocenters. The van der Waals surface area contributed by atoms with E-state index in [1.54, 1.807) is 6.07 Å². The highest BCUT2D eigenvalue weighted by molar-refractivity contribution is 6.34. The van der Waals surface area contributed by atoms with Gasteiger partial charge in [-0.2, -0.15) is 0 Å². The standard InChI is InChI=1S/C13H16ClN3O2/c14-10-7-8(4-5-9(10)12(15)18)17-13(19)11-3-1-2-6-16-11/h4-5,7,11,16H,1-3,6H2,(H2,15,18)(H,17,19)/t11-/m1/s1. The van der Waals surface area contributed by atoms with E-state index in [0.29, 0.717) is 5.69 Å². The molecule has 0 saturated carbocycles. The molecule has 1 aliphatic heterocycles. The maximum absolute atomic E-state index is 12.0. The number of carbonyl (C=O) groups excluding carboxylic acids is 2. The Morgan fingerprint density at radius 3 is 2.74 bits per heavy atom. The molecule has 2 amide bonds. The third kappa shape index (κ3) is 3.45. The maximum atomic E-state index is 12.0. The predicted molar refractivity (Wildman–Crippen MR) is 74.2 cm³/mol. The first-order chi connectivity index (χ1) is 9.08. The van der Waals surface area contributed by atoms with E-state index in [1.165, 1.54) is 12.1 Å². The summed E-state index contributed by atoms with van der Waals surface area (Å²) in [6, 6.07) is 4.49. The number of halogens is 1. The van der Waals surface area contributed by atoms with Crippen molar-refractivity contribution in [2.75, 3.05) is 11.9 Å². The van der Waals surface area contributed by atoms with Gasteiger partial charge < -0.3 is 16.4 Å². The minimum atomic E-state index is -0.586. The van der Waals surface area contributed by atoms with Gasteiger partial charge in [-0.3, -0.25) is 9.59 Å². The van der Waals surface area contributed by atoms with E-state index in [-0.39, 0.29) is 22.5 Å². The lowest BCUT2D eigenvalue weighted by molar-refractivity contribution is -0.118. The second-order valence-corrected chi connectivity index (χ2v) is 4.96. The lowest BCUT2D eigenvalue weighted by Gasteiger charge is -2.22. The second kappa shape index (κ2) is 6.04. The average Bonchev–Trinajstić information content (AvgIpc) is 2.39. The van der Waals surface area contributed by atoms with Gasteiger partial charge in [0.05, 0.1) is 16.6 Å². The van der Waals surface area contributed by atoms with Gasteiger partial charge in [-0.25, -0.2) is 0 Å². The molecule has 0 spiro atoms. The fourth-order valence-corrected chi connectivity index (χ4v) is 2.37. The zero-order valence-corrected chi connectivity index (χ0v) is 11.2. The number of carbonyl (C=O) groups is 2. The summed E-state index contributed by atoms with van der Waals surface area (Å²) in [5.41, 5.74) is 5.97. The minimum absolute atomic E-state index is 0.0809. The number of primary amides is 1. The minimum Gasteiger partial charge on any atom is -0.366 e. The lowest BCUT2D eigenvalue weighted by atomic mass is 10.0. The third-order valence-corrected chi connectivity index (χ3v) is 3.44. The first kappa shape index (κ1) is 13.8. The molecule has 1 saturated heterocycles. The smallest absolute Gasteiger partial charge is 0.250 e. The molecule has 1 aliphatic rings. The van der Waals surface area contributed by atoms with Crippen molar-refractivity contribution in [3.8, 4) is 0 Å². The number of piperidine rings is 1. The first-order valence-corrected chi connectivity index (χ1v) is 6.59. The quantitative estimate of drug-likeness (QED) is 0.785. The van der Waals surface area contributed by atoms with E-state index in [4.69, 9.17) is 17.3 Å². The molecule has 6 heteroatoms. The summed E-state index contributed by atoms with van der Waals surface area (Å²) < 4.78 is 0. The van der Waals surface area contributed by atoms with Gasteiger partial charge in [-0.05, 0) is 37.6 Å². The highest BCUT2D eigenvalue weighted by Crippen LogP contribution is 2.21. The summed E-state index contributed by atoms with van der Waals surface area (Å²) in [7, 11) is 0. The van der Waals surface area contributed by atoms with Crippen molar-refractivity contribution < 1.29 is 9.59 Å². The van der Waals surface area contributed by atoms with E-state index in [9.17, 15) is 9.59 Å². The van der Waals surface area contributed by atoms with Gasteiger partial charge in [-0.15, -0.1) is 0 Å². The summed E-state index contributed by atoms with van der Waals surface area (Å²) in [5.74, 6) is -0.667. The molecule has 19 heavy (non-hydrogen) atoms. The summed E-state index contributed by atoms with van der Waals surface area (Å²) >= 11 is 5.93. The largest absolute Gasteiger partial charge is 0.366 e. The monoisotopic (exact) mass is 281 g/mol. The van der Waals surface area contributed by atoms with Gasteiger partial charge in [0, 0.05) is 5.69 Å². The van der Waals surface area contributed by atoms with Crippen LogP contribution >= 0.6 is 11.6 Å². The predicted octanol–water partition coefficient (Wildman–Crippen LogP) is 1.52. The zero-order chi connectivity index (χ0) is 13.8. The third-order valence-electron chi connectivity index (χ3n) is 3.13. The van der Waals surface area contributed by atoms with E-state index in [1.807, 2.05) is 0 Å². The first-order valence-electron chi connectivity index (χ1n) is 6.21. The second-order valence-electron chi connectivity index (χ2n) is 4.55. The molecule has 0 bridgehead atoms. The van der Waals surface area contributed by atoms with Crippen molar-refractivity contribution >= 4 is 29.1 Å². The molecule has 0 aromatic heterocycles. The van der Waals surface area contributed by atoms with Crippen LogP contribution in [0.25, 0.3) is 0 Å². The van der Waals surface area contributed by atoms with Crippen LogP contribution in [0.2, 0.25) is 5.02 Å². The van der Waals surface area contributed by atoms with Crippen molar-refractivity contribution in [3.05, 3.63) is 28.8 Å². The van der Waals surface area contributed by atoms with Gasteiger partial charge in [0.15, 0.2) is 0 Å². The maximum Gasteiger partial charge on any atom is 0.250 e. The number of hydrogen-bond donors (Lipinski definition) is 3. The summed E-state index contributed by atoms with van der Waals surface area (Å²) in [4.78, 5) is 23.0. The SMILES string of the molecule is NC(=O)c1ccc(NC(=O)[C@H]2CCCCN2)cc1Cl. The Morgan fingerprint density at radius 2 is 2.16 bits per heavy atom. The fourth-order valence-electron chi connectivity index (χ4n) is 2.10. The van der Waals surface area contributed by atoms with Crippen molar-refractivity contribution in [3.63, 3.8) is 0 Å². The Bertz CT molecular complexity index is 499. The molecular weight excluding hydrogens is 266 g/mol. The Morgan fingerprint density at radius 1 is 1.37 bits per heavy atom. The van der Waals surface area contributed by atoms with Gasteiger partial charge in [0.25, 0.3) is 0 Å². The lowest BCUT2D eigenvalue weighted by Crippen LogP contribution is -2.43. The molecule has 0 radical (unpaired) electrons. The highest BCUT2D eigenvalue weighted by atomic mass is 35.5. The molecular formula is C13H16ClN3O2. The van der Waals surface area contributed by atoms with Crippen molar-refractivity contribution in [2.24, 2.45) is 5.73 Å². The Labute approximate surface area is 116 Å². The van der Waals surface area contributed by atoms with Crippen molar-refractivity contribution in [1.29, 1.82) is 0 Å². The topological polar surface area (TPSA) is 84.2 Å². The van der Waals surface area contributed by atoms with Gasteiger partial charge in [-0.1, -0.05) is 18.0 Å². The van der Waals surface area contributed by atoms with Gasteiger partial charge in [0.1, 0.15) is 0 Å². The van der Waals surface area contributed by atoms with Crippen LogP contribution in [0, 0.1) is 0 Å². The van der Waals surface area contributed by atoms with Crippen LogP contribution in [0.5, 0.6) is 0 Å². The Hall–Kier alpha value is -1.59. The molecule has 102 valence electrons. The molecule has 1 fully saturated rings. The number of nitrogens with two attached hydrogens (primary N) is 1. The van der Waals surface area contributed by atoms with Crippen molar-refractivity contribution in [1.82, 2.24) is 5.32 Å². The number of hydrogen-bond acceptors (Lipinski definition) is 3. The number of benzene rings is 1. The van der Waals surface area contributed by atoms with Crippen LogP contribution in [-0.4, -0.2) is 24.4 Å². The fraction of sp³-hybridized carbons (Fsp3) is 0.385. The molecule has 0 aliphatic carbocycles. The molecule has 1 atom stereocenters. The van der Waals surface area contributed by atoms with Gasteiger partial charge in [0.2, 0.25) is 11.8 Å². The average molecular weight is 282 g/mol. The zero-order valence-electron chi connectivity index (χ0n) is 10.4. The van der Waals surface area contributed by atoms with Crippen LogP contribution in [0.4, 0.5) is 5.69 Å². The van der Waals surface area contributed by atoms with Crippen molar-refractivity contribution in [2.45, 2.75) is 25.3 Å². The molecule has 1 aromatic carbocycles. The van der Waals surface area contributed by atoms with E-state index in [0.717, 1.165) is 25.8 Å². The van der Waals surface area contributed by atoms with E-state index >= 15 is 0 Å². The summed E-state index contributed by atoms with van der Waals surface area (Å²) in [5, 5.41) is 6.18. The molecule has 2 rings (SSSR count). The number of nitrogens with one attached hydrogen (secondary N) is 2. The molecule has 4 N–H and O–H groups in total. The summed E-state index contributed by atoms with van der Waals surface area (Å²) in [6.07, 6.45) is 2.98. The van der Waals surface area contributed by atoms with E-state index in [2.05, 4.69) is 10.6 Å². The van der Waals surface area contributed by atoms with E-state index < -0.39 is 5.91 Å². The van der Waals surface area contributed by atoms with Crippen LogP contribution in [0.1, 0.15) is 29.6 Å². The van der Waals surface area contributed by atoms with Crippen LogP contribution in [0.15, 0.2) is 18.2 Å². The Balaban J connectivity index is 2.04. The molecule has 1 heterocycles. The molecule has 5 nitrogen and oxygen atoms in total. The number of amides is 2.